The van der Waals surface area contributed by atoms with Crippen molar-refractivity contribution in [3.8, 4) is 0 Å². The van der Waals surface area contributed by atoms with E-state index in [1.165, 1.54) is 6.08 Å². The molecule has 0 atom stereocenters. The molecule has 1 fully saturated rings. The highest BCUT2D eigenvalue weighted by Crippen LogP contribution is 2.35. The molecule has 0 radical (unpaired) electrons. The lowest BCUT2D eigenvalue weighted by molar-refractivity contribution is -0.142. The normalized spacial score (nSPS) is 15.6. The summed E-state index contributed by atoms with van der Waals surface area (Å²) in [5.74, 6) is -4.95. The summed E-state index contributed by atoms with van der Waals surface area (Å²) in [6, 6.07) is 3.44. The molecule has 1 saturated heterocycles. The predicted octanol–water partition coefficient (Wildman–Crippen LogP) is 2.85. The van der Waals surface area contributed by atoms with Gasteiger partial charge in [-0.15, -0.1) is 0 Å². The fourth-order valence-corrected chi connectivity index (χ4v) is 5.01. The number of nitrogens with zero attached hydrogens (tertiary/aromatic N) is 2. The zero-order chi connectivity index (χ0) is 23.9. The number of carboxylic acids is 1. The van der Waals surface area contributed by atoms with Gasteiger partial charge in [0, 0.05) is 30.6 Å². The minimum atomic E-state index is -3.85. The molecule has 1 aliphatic heterocycles. The maximum atomic E-state index is 15.1. The van der Waals surface area contributed by atoms with E-state index in [0.717, 1.165) is 12.1 Å². The van der Waals surface area contributed by atoms with Gasteiger partial charge in [0.25, 0.3) is 0 Å². The van der Waals surface area contributed by atoms with Crippen molar-refractivity contribution in [1.29, 1.82) is 0 Å². The Morgan fingerprint density at radius 3 is 2.67 bits per heavy atom. The highest BCUT2D eigenvalue weighted by Gasteiger charge is 2.34. The number of fused-ring (bicyclic) bond motifs is 1. The smallest absolute Gasteiger partial charge is 0.310 e. The molecule has 2 N–H and O–H groups in total. The quantitative estimate of drug-likeness (QED) is 0.562. The molecule has 0 unspecified atom stereocenters. The minimum Gasteiger partial charge on any atom is -0.481 e. The largest absolute Gasteiger partial charge is 0.481 e. The number of benzene rings is 1. The second-order valence-corrected chi connectivity index (χ2v) is 9.83. The Hall–Kier alpha value is -3.34. The maximum absolute atomic E-state index is 15.1. The molecule has 33 heavy (non-hydrogen) atoms. The van der Waals surface area contributed by atoms with E-state index in [0.29, 0.717) is 42.9 Å². The Bertz CT molecular complexity index is 1290. The van der Waals surface area contributed by atoms with E-state index < -0.39 is 50.6 Å². The third kappa shape index (κ3) is 4.32. The van der Waals surface area contributed by atoms with Crippen molar-refractivity contribution in [1.82, 2.24) is 4.98 Å². The average molecular weight is 477 g/mol. The first kappa shape index (κ1) is 22.8. The van der Waals surface area contributed by atoms with Gasteiger partial charge in [0.05, 0.1) is 40.5 Å². The first-order chi connectivity index (χ1) is 15.6. The topological polar surface area (TPSA) is 117 Å². The molecule has 0 saturated carbocycles. The number of ketones is 1. The van der Waals surface area contributed by atoms with Gasteiger partial charge in [-0.05, 0) is 24.6 Å². The van der Waals surface area contributed by atoms with Crippen LogP contribution in [-0.4, -0.2) is 49.1 Å². The Morgan fingerprint density at radius 1 is 1.27 bits per heavy atom. The van der Waals surface area contributed by atoms with E-state index in [2.05, 4.69) is 9.71 Å². The fraction of sp³-hybridized carbons (Fsp3) is 0.318. The minimum absolute atomic E-state index is 0.0565. The number of anilines is 2. The Balaban J connectivity index is 1.64. The van der Waals surface area contributed by atoms with Gasteiger partial charge in [0.2, 0.25) is 10.0 Å². The van der Waals surface area contributed by atoms with Crippen LogP contribution in [0.3, 0.4) is 0 Å². The summed E-state index contributed by atoms with van der Waals surface area (Å²) in [4.78, 5) is 30.3. The van der Waals surface area contributed by atoms with Gasteiger partial charge in [-0.25, -0.2) is 17.2 Å². The zero-order valence-electron chi connectivity index (χ0n) is 17.6. The van der Waals surface area contributed by atoms with E-state index in [1.807, 2.05) is 0 Å². The maximum Gasteiger partial charge on any atom is 0.310 e. The number of carbonyl (C=O) groups excluding carboxylic acids is 1. The number of hydrogen-bond acceptors (Lipinski definition) is 6. The van der Waals surface area contributed by atoms with E-state index in [9.17, 15) is 22.4 Å². The molecule has 1 aromatic heterocycles. The average Bonchev–Trinajstić information content (AvgIpc) is 3.12. The molecule has 0 bridgehead atoms. The number of rotatable bonds is 8. The summed E-state index contributed by atoms with van der Waals surface area (Å²) < 4.78 is 55.7. The van der Waals surface area contributed by atoms with E-state index >= 15 is 4.39 Å². The number of aliphatic carboxylic acids is 1. The van der Waals surface area contributed by atoms with Gasteiger partial charge in [-0.3, -0.25) is 19.3 Å². The summed E-state index contributed by atoms with van der Waals surface area (Å²) in [6.45, 7) is 2.24. The molecule has 2 aliphatic rings. The number of Topliss-reactive ketones (excluding diaryl/α,β-unsaturated/α-hetero) is 1. The van der Waals surface area contributed by atoms with Gasteiger partial charge < -0.3 is 10.0 Å². The fourth-order valence-electron chi connectivity index (χ4n) is 3.88. The van der Waals surface area contributed by atoms with Crippen molar-refractivity contribution in [2.24, 2.45) is 5.92 Å². The summed E-state index contributed by atoms with van der Waals surface area (Å²) in [5.41, 5.74) is 0.269. The lowest BCUT2D eigenvalue weighted by Gasteiger charge is -2.38. The standard InChI is InChI=1S/C22H21F2N3O5S/c1-2-7-33(31,32)26-18-6-4-16(23)19(20(18)24)21(28)14-3-5-17-15(14)8-13(9-25-17)27-10-12(11-27)22(29)30/h3-4,6,8-9,12,26H,2,5,7,10-11H2,1H3,(H,29,30). The van der Waals surface area contributed by atoms with E-state index in [1.54, 1.807) is 24.1 Å². The summed E-state index contributed by atoms with van der Waals surface area (Å²) in [5, 5.41) is 9.06. The monoisotopic (exact) mass is 477 g/mol. The van der Waals surface area contributed by atoms with Crippen molar-refractivity contribution >= 4 is 38.7 Å². The molecule has 1 aliphatic carbocycles. The molecule has 8 nitrogen and oxygen atoms in total. The third-order valence-electron chi connectivity index (χ3n) is 5.64. The predicted molar refractivity (Wildman–Crippen MR) is 118 cm³/mol. The summed E-state index contributed by atoms with van der Waals surface area (Å²) >= 11 is 0. The van der Waals surface area contributed by atoms with Gasteiger partial charge in [0.15, 0.2) is 11.6 Å². The lowest BCUT2D eigenvalue weighted by Crippen LogP contribution is -2.50. The van der Waals surface area contributed by atoms with Crippen LogP contribution in [-0.2, 0) is 21.2 Å². The highest BCUT2D eigenvalue weighted by atomic mass is 32.2. The number of hydrogen-bond donors (Lipinski definition) is 2. The Kier molecular flexibility index (Phi) is 5.91. The molecule has 2 heterocycles. The molecular weight excluding hydrogens is 456 g/mol. The molecule has 11 heteroatoms. The van der Waals surface area contributed by atoms with Crippen molar-refractivity contribution in [3.63, 3.8) is 0 Å². The van der Waals surface area contributed by atoms with Crippen LogP contribution in [0, 0.1) is 17.6 Å². The number of halogens is 2. The van der Waals surface area contributed by atoms with Crippen LogP contribution in [0.2, 0.25) is 0 Å². The molecule has 174 valence electrons. The van der Waals surface area contributed by atoms with E-state index in [4.69, 9.17) is 5.11 Å². The zero-order valence-corrected chi connectivity index (χ0v) is 18.5. The Labute approximate surface area is 189 Å². The number of allylic oxidation sites excluding steroid dienone is 2. The number of aromatic nitrogens is 1. The number of carbonyl (C=O) groups is 2. The van der Waals surface area contributed by atoms with Crippen LogP contribution in [0.15, 0.2) is 30.5 Å². The second-order valence-electron chi connectivity index (χ2n) is 7.98. The molecule has 2 aromatic rings. The van der Waals surface area contributed by atoms with Crippen LogP contribution in [0.25, 0.3) is 5.57 Å². The van der Waals surface area contributed by atoms with Crippen LogP contribution in [0.5, 0.6) is 0 Å². The number of pyridine rings is 1. The number of carboxylic acid groups (broad SMARTS) is 1. The van der Waals surface area contributed by atoms with Crippen molar-refractivity contribution in [3.05, 3.63) is 58.9 Å². The molecular formula is C22H21F2N3O5S. The molecule has 1 aromatic carbocycles. The number of nitrogens with one attached hydrogen (secondary N) is 1. The third-order valence-corrected chi connectivity index (χ3v) is 7.12. The first-order valence-electron chi connectivity index (χ1n) is 10.3. The molecule has 0 amide bonds. The number of sulfonamides is 1. The summed E-state index contributed by atoms with van der Waals surface area (Å²) in [7, 11) is -3.85. The molecule has 0 spiro atoms. The van der Waals surface area contributed by atoms with Crippen LogP contribution < -0.4 is 9.62 Å². The SMILES string of the molecule is CCCS(=O)(=O)Nc1ccc(F)c(C(=O)C2=CCc3ncc(N4CC(C(=O)O)C4)cc32)c1F. The van der Waals surface area contributed by atoms with Gasteiger partial charge in [-0.2, -0.15) is 0 Å². The summed E-state index contributed by atoms with van der Waals surface area (Å²) in [6.07, 6.45) is 3.68. The Morgan fingerprint density at radius 2 is 2.00 bits per heavy atom. The highest BCUT2D eigenvalue weighted by molar-refractivity contribution is 7.92. The van der Waals surface area contributed by atoms with Crippen LogP contribution in [0.4, 0.5) is 20.2 Å². The van der Waals surface area contributed by atoms with Gasteiger partial charge in [0.1, 0.15) is 5.82 Å². The molecule has 4 rings (SSSR count). The first-order valence-corrected chi connectivity index (χ1v) is 12.0. The van der Waals surface area contributed by atoms with Gasteiger partial charge >= 0.3 is 5.97 Å². The lowest BCUT2D eigenvalue weighted by atomic mass is 9.96. The van der Waals surface area contributed by atoms with Crippen LogP contribution >= 0.6 is 0 Å². The van der Waals surface area contributed by atoms with Crippen molar-refractivity contribution in [2.45, 2.75) is 19.8 Å². The van der Waals surface area contributed by atoms with Crippen molar-refractivity contribution in [2.75, 3.05) is 28.5 Å². The van der Waals surface area contributed by atoms with E-state index in [-0.39, 0.29) is 11.3 Å². The second kappa shape index (κ2) is 8.54. The van der Waals surface area contributed by atoms with Crippen molar-refractivity contribution < 1.29 is 31.9 Å². The van der Waals surface area contributed by atoms with Gasteiger partial charge in [-0.1, -0.05) is 13.0 Å². The van der Waals surface area contributed by atoms with Crippen LogP contribution in [0.1, 0.15) is 35.0 Å².